The molecule has 8 rings (SSSR count). The molecule has 0 bridgehead atoms. The van der Waals surface area contributed by atoms with E-state index in [-0.39, 0.29) is 17.4 Å². The molecule has 61 heavy (non-hydrogen) atoms. The van der Waals surface area contributed by atoms with Crippen LogP contribution in [0.1, 0.15) is 61.9 Å². The second-order valence-corrected chi connectivity index (χ2v) is 17.9. The highest BCUT2D eigenvalue weighted by atomic mass is 32.1. The summed E-state index contributed by atoms with van der Waals surface area (Å²) in [5.74, 6) is 0.426. The molecule has 0 spiro atoms. The number of nitrogens with one attached hydrogen (secondary N) is 5. The Bertz CT molecular complexity index is 2430. The molecule has 3 aromatic carbocycles. The molecule has 0 radical (unpaired) electrons. The third-order valence-electron chi connectivity index (χ3n) is 11.5. The number of carbonyl (C=O) groups is 2. The number of aromatic amines is 1. The van der Waals surface area contributed by atoms with Gasteiger partial charge in [-0.05, 0) is 97.4 Å². The van der Waals surface area contributed by atoms with Crippen molar-refractivity contribution in [2.75, 3.05) is 61.1 Å². The number of H-pyrrole nitrogens is 1. The van der Waals surface area contributed by atoms with Crippen LogP contribution in [0.5, 0.6) is 0 Å². The predicted octanol–water partition coefficient (Wildman–Crippen LogP) is 7.98. The zero-order chi connectivity index (χ0) is 42.3. The fourth-order valence-electron chi connectivity index (χ4n) is 7.89. The summed E-state index contributed by atoms with van der Waals surface area (Å²) >= 11 is 1.69. The minimum Gasteiger partial charge on any atom is -0.384 e. The van der Waals surface area contributed by atoms with E-state index in [0.717, 1.165) is 95.4 Å². The number of ether oxygens (including phenoxy) is 1. The van der Waals surface area contributed by atoms with E-state index < -0.39 is 0 Å². The van der Waals surface area contributed by atoms with Crippen molar-refractivity contribution in [2.24, 2.45) is 5.92 Å². The molecule has 2 aliphatic heterocycles. The standard InChI is InChI=1S/C47H56N10O3S/c1-31-23-34(5-6-35(31)26-49-30-60-28-38-29-61-45(52-38)47(2,3)4)43-41-24-36(27-51-44(41)55-54-43)33-7-9-37(10-8-33)50-19-18-48-25-32-15-20-56(21-16-32)39-11-13-40(14-12-39)57-22-17-42(58)53-46(57)59/h5-14,23-24,27,29,32,48-50H,15-22,25-26,28,30H2,1-4H3,(H,51,54,55)(H,53,58,59). The van der Waals surface area contributed by atoms with E-state index >= 15 is 0 Å². The number of pyridine rings is 1. The number of rotatable bonds is 16. The smallest absolute Gasteiger partial charge is 0.328 e. The normalized spacial score (nSPS) is 15.1. The van der Waals surface area contributed by atoms with Crippen LogP contribution in [-0.2, 0) is 28.1 Å². The molecule has 13 nitrogen and oxygen atoms in total. The fraction of sp³-hybridized carbons (Fsp3) is 0.383. The number of imide groups is 1. The molecule has 0 unspecified atom stereocenters. The molecule has 2 aliphatic rings. The predicted molar refractivity (Wildman–Crippen MR) is 245 cm³/mol. The van der Waals surface area contributed by atoms with Gasteiger partial charge >= 0.3 is 6.03 Å². The first-order chi connectivity index (χ1) is 29.6. The highest BCUT2D eigenvalue weighted by Crippen LogP contribution is 2.32. The number of benzene rings is 3. The van der Waals surface area contributed by atoms with E-state index in [1.165, 1.54) is 16.8 Å². The molecule has 5 N–H and O–H groups in total. The van der Waals surface area contributed by atoms with Gasteiger partial charge in [-0.3, -0.25) is 25.4 Å². The van der Waals surface area contributed by atoms with E-state index in [1.54, 1.807) is 16.2 Å². The molecule has 0 atom stereocenters. The van der Waals surface area contributed by atoms with Crippen molar-refractivity contribution in [3.05, 3.63) is 106 Å². The number of amides is 3. The first kappa shape index (κ1) is 42.0. The Hall–Kier alpha value is -5.67. The van der Waals surface area contributed by atoms with Crippen molar-refractivity contribution >= 4 is 51.4 Å². The monoisotopic (exact) mass is 840 g/mol. The Kier molecular flexibility index (Phi) is 13.1. The number of nitrogens with zero attached hydrogens (tertiary/aromatic N) is 5. The average molecular weight is 841 g/mol. The largest absolute Gasteiger partial charge is 0.384 e. The Balaban J connectivity index is 0.759. The van der Waals surface area contributed by atoms with Gasteiger partial charge in [-0.2, -0.15) is 5.10 Å². The van der Waals surface area contributed by atoms with E-state index in [0.29, 0.717) is 44.4 Å². The number of thiazole rings is 1. The molecule has 0 saturated carbocycles. The molecule has 2 fully saturated rings. The van der Waals surface area contributed by atoms with Crippen LogP contribution in [0.3, 0.4) is 0 Å². The number of piperidine rings is 1. The van der Waals surface area contributed by atoms with E-state index in [9.17, 15) is 9.59 Å². The Morgan fingerprint density at radius 3 is 2.39 bits per heavy atom. The second kappa shape index (κ2) is 18.9. The minimum atomic E-state index is -0.350. The SMILES string of the molecule is Cc1cc(-c2[nH]nc3ncc(-c4ccc(NCCNCC5CCN(c6ccc(N7CCC(=O)NC7=O)cc6)CC5)cc4)cc23)ccc1CNCOCc1csc(C(C)(C)C)n1. The molecule has 5 heterocycles. The lowest BCUT2D eigenvalue weighted by atomic mass is 9.96. The van der Waals surface area contributed by atoms with Gasteiger partial charge in [-0.1, -0.05) is 45.0 Å². The summed E-state index contributed by atoms with van der Waals surface area (Å²) in [5, 5.41) is 25.0. The molecular weight excluding hydrogens is 785 g/mol. The minimum absolute atomic E-state index is 0.0560. The van der Waals surface area contributed by atoms with Crippen LogP contribution in [0.25, 0.3) is 33.4 Å². The number of urea groups is 1. The summed E-state index contributed by atoms with van der Waals surface area (Å²) in [5.41, 5.74) is 11.4. The molecule has 318 valence electrons. The maximum atomic E-state index is 12.2. The van der Waals surface area contributed by atoms with Gasteiger partial charge in [0.25, 0.3) is 0 Å². The van der Waals surface area contributed by atoms with Gasteiger partial charge in [-0.25, -0.2) is 14.8 Å². The van der Waals surface area contributed by atoms with Crippen molar-refractivity contribution in [1.82, 2.24) is 36.1 Å². The zero-order valence-corrected chi connectivity index (χ0v) is 36.3. The lowest BCUT2D eigenvalue weighted by Gasteiger charge is -2.34. The van der Waals surface area contributed by atoms with Gasteiger partial charge in [0.15, 0.2) is 5.65 Å². The Morgan fingerprint density at radius 1 is 0.885 bits per heavy atom. The maximum absolute atomic E-state index is 12.2. The number of hydrogen-bond donors (Lipinski definition) is 5. The van der Waals surface area contributed by atoms with Gasteiger partial charge in [-0.15, -0.1) is 11.3 Å². The summed E-state index contributed by atoms with van der Waals surface area (Å²) in [6.07, 6.45) is 4.49. The lowest BCUT2D eigenvalue weighted by Crippen LogP contribution is -2.49. The Morgan fingerprint density at radius 2 is 1.66 bits per heavy atom. The van der Waals surface area contributed by atoms with E-state index in [2.05, 4.69) is 130 Å². The Labute approximate surface area is 361 Å². The number of hydrogen-bond acceptors (Lipinski definition) is 11. The van der Waals surface area contributed by atoms with Crippen LogP contribution in [0.15, 0.2) is 84.4 Å². The number of anilines is 3. The highest BCUT2D eigenvalue weighted by molar-refractivity contribution is 7.09. The molecule has 14 heteroatoms. The van der Waals surface area contributed by atoms with Crippen LogP contribution in [0, 0.1) is 12.8 Å². The number of aryl methyl sites for hydroxylation is 1. The fourth-order valence-corrected chi connectivity index (χ4v) is 8.78. The zero-order valence-electron chi connectivity index (χ0n) is 35.5. The topological polar surface area (TPSA) is 152 Å². The molecule has 2 saturated heterocycles. The molecular formula is C47H56N10O3S. The number of carbonyl (C=O) groups excluding carboxylic acids is 2. The quantitative estimate of drug-likeness (QED) is 0.0479. The first-order valence-electron chi connectivity index (χ1n) is 21.3. The average Bonchev–Trinajstić information content (AvgIpc) is 3.93. The van der Waals surface area contributed by atoms with Gasteiger partial charge in [0.2, 0.25) is 5.91 Å². The van der Waals surface area contributed by atoms with Crippen LogP contribution in [0.4, 0.5) is 21.9 Å². The summed E-state index contributed by atoms with van der Waals surface area (Å²) in [4.78, 5) is 37.1. The van der Waals surface area contributed by atoms with Crippen molar-refractivity contribution in [1.29, 1.82) is 0 Å². The van der Waals surface area contributed by atoms with Gasteiger partial charge in [0.05, 0.1) is 29.7 Å². The maximum Gasteiger partial charge on any atom is 0.328 e. The highest BCUT2D eigenvalue weighted by Gasteiger charge is 2.25. The first-order valence-corrected chi connectivity index (χ1v) is 22.1. The van der Waals surface area contributed by atoms with E-state index in [1.807, 2.05) is 18.3 Å². The molecule has 0 aliphatic carbocycles. The molecule has 3 aromatic heterocycles. The summed E-state index contributed by atoms with van der Waals surface area (Å²) in [6.45, 7) is 15.5. The van der Waals surface area contributed by atoms with Gasteiger partial charge in [0.1, 0.15) is 0 Å². The van der Waals surface area contributed by atoms with Crippen LogP contribution in [0.2, 0.25) is 0 Å². The van der Waals surface area contributed by atoms with Crippen molar-refractivity contribution in [2.45, 2.75) is 65.5 Å². The molecule has 6 aromatic rings. The number of fused-ring (bicyclic) bond motifs is 1. The summed E-state index contributed by atoms with van der Waals surface area (Å²) < 4.78 is 5.86. The van der Waals surface area contributed by atoms with Crippen molar-refractivity contribution in [3.63, 3.8) is 0 Å². The molecule has 3 amide bonds. The second-order valence-electron chi connectivity index (χ2n) is 17.1. The summed E-state index contributed by atoms with van der Waals surface area (Å²) in [6, 6.07) is 25.0. The van der Waals surface area contributed by atoms with Crippen LogP contribution in [-0.4, -0.2) is 78.1 Å². The van der Waals surface area contributed by atoms with Gasteiger partial charge < -0.3 is 20.3 Å². The lowest BCUT2D eigenvalue weighted by molar-refractivity contribution is -0.120. The third kappa shape index (κ3) is 10.4. The van der Waals surface area contributed by atoms with E-state index in [4.69, 9.17) is 14.7 Å². The van der Waals surface area contributed by atoms with Crippen molar-refractivity contribution < 1.29 is 14.3 Å². The van der Waals surface area contributed by atoms with Crippen LogP contribution < -0.4 is 31.1 Å². The third-order valence-corrected chi connectivity index (χ3v) is 12.8. The van der Waals surface area contributed by atoms with Crippen LogP contribution >= 0.6 is 11.3 Å². The van der Waals surface area contributed by atoms with Crippen molar-refractivity contribution in [3.8, 4) is 22.4 Å². The summed E-state index contributed by atoms with van der Waals surface area (Å²) in [7, 11) is 0. The van der Waals surface area contributed by atoms with Gasteiger partial charge in [0, 0.05) is 96.3 Å². The number of aromatic nitrogens is 4.